The number of carbonyl (C=O) groups is 2. The number of esters is 2. The summed E-state index contributed by atoms with van der Waals surface area (Å²) in [6.45, 7) is 13.6. The average molecular weight is 513 g/mol. The fourth-order valence-electron chi connectivity index (χ4n) is 3.26. The number of ether oxygens (including phenoxy) is 6. The van der Waals surface area contributed by atoms with Gasteiger partial charge in [-0.1, -0.05) is 51.3 Å². The van der Waals surface area contributed by atoms with Crippen LogP contribution in [0.25, 0.3) is 0 Å². The first-order chi connectivity index (χ1) is 17.9. The van der Waals surface area contributed by atoms with Gasteiger partial charge >= 0.3 is 11.9 Å². The van der Waals surface area contributed by atoms with E-state index >= 15 is 0 Å². The highest BCUT2D eigenvalue weighted by Crippen LogP contribution is 2.33. The van der Waals surface area contributed by atoms with Crippen LogP contribution in [0, 0.1) is 0 Å². The molecule has 0 radical (unpaired) electrons. The number of carbonyl (C=O) groups excluding carboxylic acids is 2. The predicted molar refractivity (Wildman–Crippen MR) is 140 cm³/mol. The van der Waals surface area contributed by atoms with Crippen LogP contribution in [0.5, 0.6) is 11.5 Å². The van der Waals surface area contributed by atoms with E-state index in [0.29, 0.717) is 38.8 Å². The van der Waals surface area contributed by atoms with Gasteiger partial charge < -0.3 is 28.4 Å². The molecular formula is C29H36O8. The summed E-state index contributed by atoms with van der Waals surface area (Å²) >= 11 is 0. The van der Waals surface area contributed by atoms with Crippen molar-refractivity contribution in [3.05, 3.63) is 85.0 Å². The maximum atomic E-state index is 11.1. The Labute approximate surface area is 218 Å². The zero-order chi connectivity index (χ0) is 26.9. The molecule has 0 heterocycles. The molecule has 0 unspecified atom stereocenters. The first-order valence-electron chi connectivity index (χ1n) is 12.1. The summed E-state index contributed by atoms with van der Waals surface area (Å²) in [6.07, 6.45) is 2.24. The van der Waals surface area contributed by atoms with Gasteiger partial charge in [-0.25, -0.2) is 9.59 Å². The summed E-state index contributed by atoms with van der Waals surface area (Å²) in [5, 5.41) is 0. The van der Waals surface area contributed by atoms with Crippen LogP contribution in [0.1, 0.15) is 25.0 Å². The molecule has 2 aromatic carbocycles. The molecule has 0 amide bonds. The highest BCUT2D eigenvalue weighted by atomic mass is 16.6. The lowest BCUT2D eigenvalue weighted by atomic mass is 9.78. The Morgan fingerprint density at radius 1 is 0.622 bits per heavy atom. The van der Waals surface area contributed by atoms with Gasteiger partial charge in [-0.05, 0) is 35.4 Å². The van der Waals surface area contributed by atoms with Crippen molar-refractivity contribution in [2.24, 2.45) is 0 Å². The zero-order valence-corrected chi connectivity index (χ0v) is 21.6. The molecule has 0 saturated heterocycles. The van der Waals surface area contributed by atoms with Gasteiger partial charge in [0, 0.05) is 17.6 Å². The number of hydrogen-bond acceptors (Lipinski definition) is 8. The Morgan fingerprint density at radius 2 is 0.973 bits per heavy atom. The van der Waals surface area contributed by atoms with Crippen LogP contribution < -0.4 is 9.47 Å². The molecular weight excluding hydrogens is 476 g/mol. The molecule has 0 bridgehead atoms. The Morgan fingerprint density at radius 3 is 1.41 bits per heavy atom. The van der Waals surface area contributed by atoms with Crippen LogP contribution in [0.3, 0.4) is 0 Å². The zero-order valence-electron chi connectivity index (χ0n) is 21.6. The smallest absolute Gasteiger partial charge is 0.330 e. The van der Waals surface area contributed by atoms with E-state index in [1.54, 1.807) is 0 Å². The summed E-state index contributed by atoms with van der Waals surface area (Å²) in [6, 6.07) is 15.9. The van der Waals surface area contributed by atoms with Crippen LogP contribution in [-0.4, -0.2) is 64.8 Å². The van der Waals surface area contributed by atoms with Crippen LogP contribution >= 0.6 is 0 Å². The van der Waals surface area contributed by atoms with Crippen LogP contribution in [0.4, 0.5) is 0 Å². The molecule has 0 aliphatic heterocycles. The number of rotatable bonds is 18. The van der Waals surface area contributed by atoms with Gasteiger partial charge in [0.25, 0.3) is 0 Å². The molecule has 0 aliphatic rings. The van der Waals surface area contributed by atoms with E-state index in [2.05, 4.69) is 39.1 Å². The van der Waals surface area contributed by atoms with Gasteiger partial charge in [-0.15, -0.1) is 0 Å². The standard InChI is InChI=1S/C29H36O8/c1-5-27(30)36-20-18-33-16-15-32-17-19-34-25-11-7-23(8-12-25)29(3,4)24-9-13-26(14-10-24)35-21-22-37-28(31)6-2/h5-14H,1-2,15-22H2,3-4H3. The van der Waals surface area contributed by atoms with Crippen molar-refractivity contribution in [2.75, 3.05) is 52.9 Å². The van der Waals surface area contributed by atoms with Gasteiger partial charge in [0.1, 0.15) is 37.9 Å². The maximum Gasteiger partial charge on any atom is 0.330 e. The van der Waals surface area contributed by atoms with Gasteiger partial charge in [0.05, 0.1) is 26.4 Å². The Kier molecular flexibility index (Phi) is 13.0. The molecule has 0 fully saturated rings. The second-order valence-electron chi connectivity index (χ2n) is 8.34. The van der Waals surface area contributed by atoms with Gasteiger partial charge in [0.15, 0.2) is 0 Å². The fourth-order valence-corrected chi connectivity index (χ4v) is 3.26. The Hall–Kier alpha value is -3.62. The molecule has 0 aromatic heterocycles. The summed E-state index contributed by atoms with van der Waals surface area (Å²) in [4.78, 5) is 21.9. The first-order valence-corrected chi connectivity index (χ1v) is 12.1. The van der Waals surface area contributed by atoms with Crippen molar-refractivity contribution in [1.29, 1.82) is 0 Å². The molecule has 0 aliphatic carbocycles. The number of benzene rings is 2. The van der Waals surface area contributed by atoms with E-state index in [9.17, 15) is 9.59 Å². The lowest BCUT2D eigenvalue weighted by molar-refractivity contribution is -0.139. The van der Waals surface area contributed by atoms with Gasteiger partial charge in [0.2, 0.25) is 0 Å². The van der Waals surface area contributed by atoms with Crippen LogP contribution in [0.15, 0.2) is 73.8 Å². The molecule has 0 spiro atoms. The van der Waals surface area contributed by atoms with Crippen molar-refractivity contribution < 1.29 is 38.0 Å². The first kappa shape index (κ1) is 29.6. The summed E-state index contributed by atoms with van der Waals surface area (Å²) < 4.78 is 31.9. The number of hydrogen-bond donors (Lipinski definition) is 0. The Bertz CT molecular complexity index is 980. The molecule has 0 N–H and O–H groups in total. The van der Waals surface area contributed by atoms with E-state index in [0.717, 1.165) is 29.0 Å². The maximum absolute atomic E-state index is 11.1. The van der Waals surface area contributed by atoms with Crippen molar-refractivity contribution >= 4 is 11.9 Å². The molecule has 0 saturated carbocycles. The highest BCUT2D eigenvalue weighted by Gasteiger charge is 2.23. The largest absolute Gasteiger partial charge is 0.491 e. The lowest BCUT2D eigenvalue weighted by Gasteiger charge is -2.26. The van der Waals surface area contributed by atoms with E-state index in [-0.39, 0.29) is 25.2 Å². The normalized spacial score (nSPS) is 10.9. The fraction of sp³-hybridized carbons (Fsp3) is 0.379. The van der Waals surface area contributed by atoms with E-state index in [1.165, 1.54) is 0 Å². The lowest BCUT2D eigenvalue weighted by Crippen LogP contribution is -2.19. The molecule has 8 heteroatoms. The quantitative estimate of drug-likeness (QED) is 0.166. The molecule has 2 aromatic rings. The third-order valence-electron chi connectivity index (χ3n) is 5.42. The molecule has 8 nitrogen and oxygen atoms in total. The summed E-state index contributed by atoms with van der Waals surface area (Å²) in [5.74, 6) is 0.552. The predicted octanol–water partition coefficient (Wildman–Crippen LogP) is 4.26. The average Bonchev–Trinajstić information content (AvgIpc) is 2.92. The highest BCUT2D eigenvalue weighted by molar-refractivity contribution is 5.81. The van der Waals surface area contributed by atoms with Crippen molar-refractivity contribution in [3.8, 4) is 11.5 Å². The van der Waals surface area contributed by atoms with E-state index < -0.39 is 11.9 Å². The van der Waals surface area contributed by atoms with Gasteiger partial charge in [-0.2, -0.15) is 0 Å². The van der Waals surface area contributed by atoms with Crippen LogP contribution in [-0.2, 0) is 34.0 Å². The van der Waals surface area contributed by atoms with Gasteiger partial charge in [-0.3, -0.25) is 0 Å². The van der Waals surface area contributed by atoms with Crippen molar-refractivity contribution in [1.82, 2.24) is 0 Å². The van der Waals surface area contributed by atoms with Crippen molar-refractivity contribution in [2.45, 2.75) is 19.3 Å². The SMILES string of the molecule is C=CC(=O)OCCOCCOCCOc1ccc(C(C)(C)c2ccc(OCCOC(=O)C=C)cc2)cc1. The molecule has 2 rings (SSSR count). The molecule has 0 atom stereocenters. The van der Waals surface area contributed by atoms with Crippen molar-refractivity contribution in [3.63, 3.8) is 0 Å². The minimum atomic E-state index is -0.463. The summed E-state index contributed by atoms with van der Waals surface area (Å²) in [5.41, 5.74) is 2.07. The molecule has 37 heavy (non-hydrogen) atoms. The summed E-state index contributed by atoms with van der Waals surface area (Å²) in [7, 11) is 0. The minimum absolute atomic E-state index is 0.170. The van der Waals surface area contributed by atoms with Crippen LogP contribution in [0.2, 0.25) is 0 Å². The van der Waals surface area contributed by atoms with E-state index in [1.807, 2.05) is 36.4 Å². The second kappa shape index (κ2) is 16.2. The monoisotopic (exact) mass is 512 g/mol. The topological polar surface area (TPSA) is 89.5 Å². The third-order valence-corrected chi connectivity index (χ3v) is 5.42. The third kappa shape index (κ3) is 10.9. The second-order valence-corrected chi connectivity index (χ2v) is 8.34. The van der Waals surface area contributed by atoms with E-state index in [4.69, 9.17) is 28.4 Å². The minimum Gasteiger partial charge on any atom is -0.491 e. The Balaban J connectivity index is 1.68. The molecule has 200 valence electrons.